The molecule has 0 bridgehead atoms. The van der Waals surface area contributed by atoms with Crippen LogP contribution in [0.25, 0.3) is 0 Å². The molecule has 1 saturated heterocycles. The van der Waals surface area contributed by atoms with Gasteiger partial charge in [0.05, 0.1) is 12.8 Å². The number of nitrogens with one attached hydrogen (secondary N) is 1. The highest BCUT2D eigenvalue weighted by Gasteiger charge is 2.41. The van der Waals surface area contributed by atoms with Gasteiger partial charge in [0.25, 0.3) is 0 Å². The van der Waals surface area contributed by atoms with E-state index < -0.39 is 0 Å². The highest BCUT2D eigenvalue weighted by atomic mass is 16.2. The van der Waals surface area contributed by atoms with E-state index in [-0.39, 0.29) is 10.6 Å². The van der Waals surface area contributed by atoms with E-state index in [0.29, 0.717) is 6.54 Å². The molecule has 1 fully saturated rings. The number of urea groups is 1. The van der Waals surface area contributed by atoms with E-state index in [9.17, 15) is 4.79 Å². The highest BCUT2D eigenvalue weighted by Crippen LogP contribution is 2.15. The Morgan fingerprint density at radius 2 is 2.10 bits per heavy atom. The maximum absolute atomic E-state index is 12.1. The van der Waals surface area contributed by atoms with Crippen LogP contribution in [0.2, 0.25) is 0 Å². The van der Waals surface area contributed by atoms with E-state index in [0.717, 1.165) is 31.6 Å². The monoisotopic (exact) mass is 275 g/mol. The van der Waals surface area contributed by atoms with Gasteiger partial charge in [-0.1, -0.05) is 35.4 Å². The van der Waals surface area contributed by atoms with Gasteiger partial charge in [-0.05, 0) is 19.7 Å². The molecular formula is C15H23N4O+. The van der Waals surface area contributed by atoms with E-state index in [1.807, 2.05) is 44.4 Å². The molecule has 1 unspecified atom stereocenters. The van der Waals surface area contributed by atoms with Crippen LogP contribution < -0.4 is 5.32 Å². The van der Waals surface area contributed by atoms with Crippen LogP contribution in [0.15, 0.2) is 35.4 Å². The third kappa shape index (κ3) is 3.65. The molecule has 5 heteroatoms. The quantitative estimate of drug-likeness (QED) is 0.632. The average molecular weight is 275 g/mol. The van der Waals surface area contributed by atoms with Crippen molar-refractivity contribution in [2.75, 3.05) is 40.3 Å². The zero-order chi connectivity index (χ0) is 14.4. The Bertz CT molecular complexity index is 472. The summed E-state index contributed by atoms with van der Waals surface area (Å²) >= 11 is 0. The molecule has 1 aliphatic heterocycles. The summed E-state index contributed by atoms with van der Waals surface area (Å²) in [6.07, 6.45) is 2.76. The fourth-order valence-electron chi connectivity index (χ4n) is 2.34. The maximum atomic E-state index is 12.1. The second-order valence-corrected chi connectivity index (χ2v) is 5.41. The van der Waals surface area contributed by atoms with Gasteiger partial charge in [-0.15, -0.1) is 4.59 Å². The van der Waals surface area contributed by atoms with Crippen LogP contribution in [0.3, 0.4) is 0 Å². The molecule has 20 heavy (non-hydrogen) atoms. The van der Waals surface area contributed by atoms with Crippen molar-refractivity contribution in [1.29, 1.82) is 0 Å². The normalized spacial score (nSPS) is 22.6. The molecule has 1 heterocycles. The molecule has 1 aliphatic rings. The summed E-state index contributed by atoms with van der Waals surface area (Å²) in [6.45, 7) is 3.14. The molecule has 108 valence electrons. The van der Waals surface area contributed by atoms with E-state index >= 15 is 0 Å². The lowest BCUT2D eigenvalue weighted by atomic mass is 10.2. The van der Waals surface area contributed by atoms with Crippen LogP contribution in [0, 0.1) is 0 Å². The fraction of sp³-hybridized carbons (Fsp3) is 0.467. The number of hydrogen-bond donors (Lipinski definition) is 1. The first kappa shape index (κ1) is 14.7. The van der Waals surface area contributed by atoms with Gasteiger partial charge in [-0.2, -0.15) is 0 Å². The van der Waals surface area contributed by atoms with E-state index in [2.05, 4.69) is 15.3 Å². The third-order valence-corrected chi connectivity index (χ3v) is 3.50. The zero-order valence-electron chi connectivity index (χ0n) is 12.2. The number of nitrogens with zero attached hydrogens (tertiary/aromatic N) is 3. The van der Waals surface area contributed by atoms with Gasteiger partial charge >= 0.3 is 6.03 Å². The first-order valence-electron chi connectivity index (χ1n) is 7.03. The molecule has 2 amide bonds. The Labute approximate surface area is 120 Å². The second kappa shape index (κ2) is 6.63. The summed E-state index contributed by atoms with van der Waals surface area (Å²) in [4.78, 5) is 14.3. The number of carbonyl (C=O) groups excluding carboxylic acids is 1. The summed E-state index contributed by atoms with van der Waals surface area (Å²) in [7, 11) is 4.09. The van der Waals surface area contributed by atoms with Gasteiger partial charge in [-0.25, -0.2) is 4.79 Å². The Kier molecular flexibility index (Phi) is 4.87. The van der Waals surface area contributed by atoms with Crippen molar-refractivity contribution in [3.8, 4) is 0 Å². The number of benzene rings is 1. The molecule has 0 aliphatic carbocycles. The number of amides is 2. The first-order chi connectivity index (χ1) is 9.62. The minimum atomic E-state index is 0.0101. The number of rotatable bonds is 6. The molecule has 1 N–H and O–H groups in total. The lowest BCUT2D eigenvalue weighted by molar-refractivity contribution is -0.847. The van der Waals surface area contributed by atoms with Crippen molar-refractivity contribution < 1.29 is 9.39 Å². The van der Waals surface area contributed by atoms with Gasteiger partial charge in [0.2, 0.25) is 0 Å². The molecule has 0 spiro atoms. The molecule has 0 saturated carbocycles. The average Bonchev–Trinajstić information content (AvgIpc) is 2.79. The molecular weight excluding hydrogens is 252 g/mol. The molecule has 0 radical (unpaired) electrons. The van der Waals surface area contributed by atoms with Gasteiger partial charge in [0, 0.05) is 13.0 Å². The van der Waals surface area contributed by atoms with Crippen LogP contribution >= 0.6 is 0 Å². The predicted molar refractivity (Wildman–Crippen MR) is 80.6 cm³/mol. The Morgan fingerprint density at radius 3 is 2.70 bits per heavy atom. The van der Waals surface area contributed by atoms with Crippen LogP contribution in [0.1, 0.15) is 12.0 Å². The Hall–Kier alpha value is -1.72. The van der Waals surface area contributed by atoms with Crippen LogP contribution in [0.4, 0.5) is 4.79 Å². The minimum absolute atomic E-state index is 0.0101. The fourth-order valence-corrected chi connectivity index (χ4v) is 2.34. The van der Waals surface area contributed by atoms with E-state index in [1.165, 1.54) is 0 Å². The van der Waals surface area contributed by atoms with Crippen molar-refractivity contribution in [2.45, 2.75) is 6.42 Å². The summed E-state index contributed by atoms with van der Waals surface area (Å²) in [5.41, 5.74) is 1.03. The molecule has 1 aromatic carbocycles. The minimum Gasteiger partial charge on any atom is -0.309 e. The lowest BCUT2D eigenvalue weighted by Crippen LogP contribution is -2.47. The number of carbonyl (C=O) groups is 1. The SMILES string of the molecule is CN(C)CCC[N+]1(N=Cc2ccccc2)CCNC1=O. The van der Waals surface area contributed by atoms with Crippen molar-refractivity contribution in [2.24, 2.45) is 5.10 Å². The van der Waals surface area contributed by atoms with Crippen molar-refractivity contribution in [3.63, 3.8) is 0 Å². The molecule has 0 aromatic heterocycles. The van der Waals surface area contributed by atoms with Crippen LogP contribution in [-0.4, -0.2) is 62.0 Å². The number of hydrogen-bond acceptors (Lipinski definition) is 3. The van der Waals surface area contributed by atoms with Crippen molar-refractivity contribution in [3.05, 3.63) is 35.9 Å². The van der Waals surface area contributed by atoms with Crippen molar-refractivity contribution in [1.82, 2.24) is 10.2 Å². The molecule has 1 aromatic rings. The smallest absolute Gasteiger partial charge is 0.309 e. The predicted octanol–water partition coefficient (Wildman–Crippen LogP) is 1.51. The van der Waals surface area contributed by atoms with Gasteiger partial charge in [0.15, 0.2) is 0 Å². The Morgan fingerprint density at radius 1 is 1.35 bits per heavy atom. The van der Waals surface area contributed by atoms with E-state index in [1.54, 1.807) is 6.21 Å². The standard InChI is InChI=1S/C15H22N4O/c1-18(2)10-6-11-19(12-9-16-15(19)20)17-13-14-7-4-3-5-8-14/h3-5,7-8,13H,6,9-12H2,1-2H3/p+1. The van der Waals surface area contributed by atoms with Gasteiger partial charge < -0.3 is 4.90 Å². The summed E-state index contributed by atoms with van der Waals surface area (Å²) < 4.78 is 0.169. The second-order valence-electron chi connectivity index (χ2n) is 5.41. The largest absolute Gasteiger partial charge is 0.443 e. The first-order valence-corrected chi connectivity index (χ1v) is 7.03. The van der Waals surface area contributed by atoms with Gasteiger partial charge in [-0.3, -0.25) is 5.32 Å². The lowest BCUT2D eigenvalue weighted by Gasteiger charge is -2.23. The molecule has 2 rings (SSSR count). The van der Waals surface area contributed by atoms with Crippen LogP contribution in [-0.2, 0) is 0 Å². The topological polar surface area (TPSA) is 44.7 Å². The van der Waals surface area contributed by atoms with E-state index in [4.69, 9.17) is 0 Å². The summed E-state index contributed by atoms with van der Waals surface area (Å²) in [5.74, 6) is 0. The van der Waals surface area contributed by atoms with Crippen molar-refractivity contribution >= 4 is 12.2 Å². The number of quaternary nitrogens is 1. The zero-order valence-corrected chi connectivity index (χ0v) is 12.2. The summed E-state index contributed by atoms with van der Waals surface area (Å²) in [6, 6.07) is 9.92. The molecule has 1 atom stereocenters. The van der Waals surface area contributed by atoms with Crippen LogP contribution in [0.5, 0.6) is 0 Å². The third-order valence-electron chi connectivity index (χ3n) is 3.50. The molecule has 5 nitrogen and oxygen atoms in total. The summed E-state index contributed by atoms with van der Waals surface area (Å²) in [5, 5.41) is 7.48. The maximum Gasteiger partial charge on any atom is 0.443 e. The Balaban J connectivity index is 2.07. The van der Waals surface area contributed by atoms with Gasteiger partial charge in [0.1, 0.15) is 13.1 Å². The highest BCUT2D eigenvalue weighted by molar-refractivity contribution is 5.79.